The fraction of sp³-hybridized carbons (Fsp3) is 0.200. The van der Waals surface area contributed by atoms with Gasteiger partial charge in [0.15, 0.2) is 0 Å². The molecule has 24 heavy (non-hydrogen) atoms. The molecule has 0 saturated heterocycles. The zero-order chi connectivity index (χ0) is 17.3. The Balaban J connectivity index is 2.03. The van der Waals surface area contributed by atoms with E-state index in [-0.39, 0.29) is 0 Å². The van der Waals surface area contributed by atoms with E-state index in [1.807, 2.05) is 69.3 Å². The number of fused-ring (bicyclic) bond motifs is 1. The lowest BCUT2D eigenvalue weighted by molar-refractivity contribution is -0.114. The summed E-state index contributed by atoms with van der Waals surface area (Å²) >= 11 is 0. The summed E-state index contributed by atoms with van der Waals surface area (Å²) in [6, 6.07) is 15.1. The number of H-pyrrole nitrogens is 1. The zero-order valence-electron chi connectivity index (χ0n) is 14.1. The third-order valence-corrected chi connectivity index (χ3v) is 4.28. The fourth-order valence-corrected chi connectivity index (χ4v) is 3.09. The number of para-hydroxylation sites is 2. The third kappa shape index (κ3) is 2.60. The first-order valence-corrected chi connectivity index (χ1v) is 8.03. The second-order valence-corrected chi connectivity index (χ2v) is 5.84. The molecular weight excluding hydrogens is 300 g/mol. The molecule has 0 radical (unpaired) electrons. The lowest BCUT2D eigenvalue weighted by Crippen LogP contribution is -2.37. The maximum absolute atomic E-state index is 12.9. The van der Waals surface area contributed by atoms with Gasteiger partial charge in [-0.3, -0.25) is 9.59 Å². The van der Waals surface area contributed by atoms with Crippen LogP contribution in [0.1, 0.15) is 28.5 Å². The zero-order valence-corrected chi connectivity index (χ0v) is 14.1. The number of aromatic amines is 1. The molecule has 0 unspecified atom stereocenters. The normalized spacial score (nSPS) is 10.8. The van der Waals surface area contributed by atoms with E-state index in [1.165, 1.54) is 0 Å². The van der Waals surface area contributed by atoms with E-state index in [4.69, 9.17) is 0 Å². The number of anilines is 1. The number of nitrogens with zero attached hydrogens (tertiary/aromatic N) is 1. The fourth-order valence-electron chi connectivity index (χ4n) is 3.09. The van der Waals surface area contributed by atoms with Crippen molar-refractivity contribution >= 4 is 28.3 Å². The summed E-state index contributed by atoms with van der Waals surface area (Å²) in [5.74, 6) is -0.977. The van der Waals surface area contributed by atoms with Gasteiger partial charge in [0.1, 0.15) is 0 Å². The van der Waals surface area contributed by atoms with Gasteiger partial charge < -0.3 is 9.88 Å². The molecule has 1 N–H and O–H groups in total. The average molecular weight is 320 g/mol. The molecule has 1 amide bonds. The highest BCUT2D eigenvalue weighted by Crippen LogP contribution is 2.25. The number of ketones is 1. The Kier molecular flexibility index (Phi) is 4.21. The van der Waals surface area contributed by atoms with Gasteiger partial charge in [-0.25, -0.2) is 0 Å². The van der Waals surface area contributed by atoms with Crippen molar-refractivity contribution in [3.63, 3.8) is 0 Å². The summed E-state index contributed by atoms with van der Waals surface area (Å²) in [5.41, 5.74) is 3.79. The van der Waals surface area contributed by atoms with Crippen molar-refractivity contribution < 1.29 is 9.59 Å². The molecule has 122 valence electrons. The summed E-state index contributed by atoms with van der Waals surface area (Å²) in [4.78, 5) is 30.5. The highest BCUT2D eigenvalue weighted by molar-refractivity contribution is 6.49. The molecular formula is C20H20N2O2. The molecule has 2 aromatic carbocycles. The van der Waals surface area contributed by atoms with Crippen molar-refractivity contribution in [1.29, 1.82) is 0 Å². The van der Waals surface area contributed by atoms with E-state index >= 15 is 0 Å². The monoisotopic (exact) mass is 320 g/mol. The molecule has 3 rings (SSSR count). The van der Waals surface area contributed by atoms with Crippen LogP contribution in [0.4, 0.5) is 5.69 Å². The van der Waals surface area contributed by atoms with Crippen LogP contribution >= 0.6 is 0 Å². The number of aryl methyl sites for hydroxylation is 2. The Morgan fingerprint density at radius 2 is 1.67 bits per heavy atom. The molecule has 0 aliphatic rings. The van der Waals surface area contributed by atoms with Crippen molar-refractivity contribution in [3.8, 4) is 0 Å². The summed E-state index contributed by atoms with van der Waals surface area (Å²) in [7, 11) is 0. The van der Waals surface area contributed by atoms with E-state index in [9.17, 15) is 9.59 Å². The van der Waals surface area contributed by atoms with Crippen LogP contribution in [0.2, 0.25) is 0 Å². The van der Waals surface area contributed by atoms with Gasteiger partial charge in [-0.05, 0) is 38.5 Å². The minimum atomic E-state index is -0.500. The number of Topliss-reactive ketones (excluding diaryl/α,β-unsaturated/α-hetero) is 1. The molecule has 0 bridgehead atoms. The predicted molar refractivity (Wildman–Crippen MR) is 96.6 cm³/mol. The number of hydrogen-bond acceptors (Lipinski definition) is 2. The van der Waals surface area contributed by atoms with Crippen molar-refractivity contribution in [2.75, 3.05) is 11.4 Å². The number of benzene rings is 2. The number of nitrogens with one attached hydrogen (secondary N) is 1. The third-order valence-electron chi connectivity index (χ3n) is 4.28. The van der Waals surface area contributed by atoms with E-state index in [0.29, 0.717) is 12.1 Å². The number of carbonyl (C=O) groups excluding carboxylic acids is 2. The second kappa shape index (κ2) is 6.32. The van der Waals surface area contributed by atoms with Crippen LogP contribution in [0.5, 0.6) is 0 Å². The van der Waals surface area contributed by atoms with Gasteiger partial charge in [-0.1, -0.05) is 36.4 Å². The second-order valence-electron chi connectivity index (χ2n) is 5.84. The first-order valence-electron chi connectivity index (χ1n) is 8.03. The highest BCUT2D eigenvalue weighted by atomic mass is 16.2. The van der Waals surface area contributed by atoms with Crippen LogP contribution in [0, 0.1) is 13.8 Å². The lowest BCUT2D eigenvalue weighted by atomic mass is 10.0. The molecule has 0 spiro atoms. The number of amides is 1. The highest BCUT2D eigenvalue weighted by Gasteiger charge is 2.27. The number of carbonyl (C=O) groups is 2. The minimum absolute atomic E-state index is 0.441. The van der Waals surface area contributed by atoms with Crippen LogP contribution in [-0.4, -0.2) is 23.2 Å². The Morgan fingerprint density at radius 3 is 2.38 bits per heavy atom. The van der Waals surface area contributed by atoms with Gasteiger partial charge in [0.25, 0.3) is 11.7 Å². The van der Waals surface area contributed by atoms with Gasteiger partial charge in [0, 0.05) is 28.8 Å². The molecule has 4 nitrogen and oxygen atoms in total. The first-order chi connectivity index (χ1) is 11.5. The average Bonchev–Trinajstić information content (AvgIpc) is 2.92. The Bertz CT molecular complexity index is 924. The molecule has 0 aliphatic carbocycles. The molecule has 4 heteroatoms. The number of aromatic nitrogens is 1. The van der Waals surface area contributed by atoms with Gasteiger partial charge in [0.2, 0.25) is 0 Å². The first kappa shape index (κ1) is 16.0. The smallest absolute Gasteiger partial charge is 0.299 e. The number of rotatable bonds is 4. The summed E-state index contributed by atoms with van der Waals surface area (Å²) in [6.07, 6.45) is 0. The Morgan fingerprint density at radius 1 is 1.00 bits per heavy atom. The molecule has 0 fully saturated rings. The van der Waals surface area contributed by atoms with Crippen molar-refractivity contribution in [2.24, 2.45) is 0 Å². The van der Waals surface area contributed by atoms with Gasteiger partial charge in [-0.15, -0.1) is 0 Å². The topological polar surface area (TPSA) is 53.2 Å². The van der Waals surface area contributed by atoms with Gasteiger partial charge in [0.05, 0.1) is 5.56 Å². The summed E-state index contributed by atoms with van der Waals surface area (Å²) in [6.45, 7) is 6.08. The van der Waals surface area contributed by atoms with Gasteiger partial charge >= 0.3 is 0 Å². The standard InChI is InChI=1S/C20H20N2O2/c1-4-22(17-12-8-5-9-13(17)2)20(24)19(23)18-14(3)21-16-11-7-6-10-15(16)18/h5-12,21H,4H2,1-3H3. The molecule has 0 atom stereocenters. The maximum Gasteiger partial charge on any atom is 0.299 e. The van der Waals surface area contributed by atoms with E-state index in [0.717, 1.165) is 27.8 Å². The SMILES string of the molecule is CCN(C(=O)C(=O)c1c(C)[nH]c2ccccc12)c1ccccc1C. The number of hydrogen-bond donors (Lipinski definition) is 1. The van der Waals surface area contributed by atoms with Gasteiger partial charge in [-0.2, -0.15) is 0 Å². The quantitative estimate of drug-likeness (QED) is 0.583. The predicted octanol–water partition coefficient (Wildman–Crippen LogP) is 4.02. The minimum Gasteiger partial charge on any atom is -0.358 e. The van der Waals surface area contributed by atoms with Crippen molar-refractivity contribution in [1.82, 2.24) is 4.98 Å². The molecule has 0 saturated carbocycles. The molecule has 1 aromatic heterocycles. The Hall–Kier alpha value is -2.88. The van der Waals surface area contributed by atoms with E-state index in [2.05, 4.69) is 4.98 Å². The largest absolute Gasteiger partial charge is 0.358 e. The molecule has 1 heterocycles. The summed E-state index contributed by atoms with van der Waals surface area (Å²) < 4.78 is 0. The van der Waals surface area contributed by atoms with Crippen LogP contribution in [0.15, 0.2) is 48.5 Å². The Labute approximate surface area is 141 Å². The van der Waals surface area contributed by atoms with Crippen LogP contribution in [-0.2, 0) is 4.79 Å². The van der Waals surface area contributed by atoms with E-state index < -0.39 is 11.7 Å². The van der Waals surface area contributed by atoms with Crippen LogP contribution in [0.3, 0.4) is 0 Å². The van der Waals surface area contributed by atoms with Crippen molar-refractivity contribution in [3.05, 3.63) is 65.4 Å². The van der Waals surface area contributed by atoms with Crippen LogP contribution in [0.25, 0.3) is 10.9 Å². The summed E-state index contributed by atoms with van der Waals surface area (Å²) in [5, 5.41) is 0.786. The van der Waals surface area contributed by atoms with E-state index in [1.54, 1.807) is 4.90 Å². The number of likely N-dealkylation sites (N-methyl/N-ethyl adjacent to an activating group) is 1. The maximum atomic E-state index is 12.9. The van der Waals surface area contributed by atoms with Crippen LogP contribution < -0.4 is 4.90 Å². The van der Waals surface area contributed by atoms with Crippen molar-refractivity contribution in [2.45, 2.75) is 20.8 Å². The lowest BCUT2D eigenvalue weighted by Gasteiger charge is -2.22. The molecule has 0 aliphatic heterocycles. The molecule has 3 aromatic rings.